The van der Waals surface area contributed by atoms with Crippen molar-refractivity contribution in [2.24, 2.45) is 5.73 Å². The van der Waals surface area contributed by atoms with Gasteiger partial charge in [-0.15, -0.1) is 0 Å². The van der Waals surface area contributed by atoms with Gasteiger partial charge in [0.1, 0.15) is 5.15 Å². The molecule has 0 unspecified atom stereocenters. The average molecular weight is 266 g/mol. The number of aromatic nitrogens is 1. The zero-order chi connectivity index (χ0) is 9.14. The van der Waals surface area contributed by atoms with Gasteiger partial charge < -0.3 is 5.73 Å². The van der Waals surface area contributed by atoms with Crippen LogP contribution in [-0.4, -0.2) is 9.97 Å². The normalized spacial score (nSPS) is 9.83. The lowest BCUT2D eigenvalue weighted by molar-refractivity contribution is 1.21. The van der Waals surface area contributed by atoms with E-state index in [1.165, 1.54) is 0 Å². The third kappa shape index (κ3) is 2.69. The van der Waals surface area contributed by atoms with Crippen LogP contribution in [0.15, 0.2) is 16.7 Å². The predicted octanol–water partition coefficient (Wildman–Crippen LogP) is 2.33. The molecule has 0 bridgehead atoms. The Morgan fingerprint density at radius 3 is 3.00 bits per heavy atom. The zero-order valence-electron chi connectivity index (χ0n) is 6.05. The van der Waals surface area contributed by atoms with Gasteiger partial charge in [-0.25, -0.2) is 4.98 Å². The fraction of sp³-hybridized carbons (Fsp3) is 0.143. The third-order valence-electron chi connectivity index (χ3n) is 1.24. The van der Waals surface area contributed by atoms with Gasteiger partial charge in [-0.1, -0.05) is 23.8 Å². The van der Waals surface area contributed by atoms with Crippen molar-refractivity contribution < 1.29 is 0 Å². The summed E-state index contributed by atoms with van der Waals surface area (Å²) >= 11 is 13.8. The van der Waals surface area contributed by atoms with E-state index < -0.39 is 0 Å². The van der Waals surface area contributed by atoms with Gasteiger partial charge in [0.15, 0.2) is 0 Å². The Kier molecular flexibility index (Phi) is 3.43. The minimum Gasteiger partial charge on any atom is -0.393 e. The molecule has 5 heteroatoms. The van der Waals surface area contributed by atoms with Crippen LogP contribution < -0.4 is 5.73 Å². The van der Waals surface area contributed by atoms with Crippen LogP contribution in [0.2, 0.25) is 5.15 Å². The molecule has 1 aromatic rings. The van der Waals surface area contributed by atoms with Crippen molar-refractivity contribution >= 4 is 44.7 Å². The molecule has 0 aliphatic carbocycles. The van der Waals surface area contributed by atoms with Gasteiger partial charge in [-0.05, 0) is 27.6 Å². The summed E-state index contributed by atoms with van der Waals surface area (Å²) in [6, 6.07) is 1.86. The maximum Gasteiger partial charge on any atom is 0.132 e. The van der Waals surface area contributed by atoms with E-state index >= 15 is 0 Å². The molecule has 0 radical (unpaired) electrons. The molecule has 0 aliphatic rings. The van der Waals surface area contributed by atoms with Crippen LogP contribution in [0.4, 0.5) is 0 Å². The SMILES string of the molecule is NC(=S)Cc1cc(Br)cnc1Cl. The van der Waals surface area contributed by atoms with Gasteiger partial charge in [-0.3, -0.25) is 0 Å². The second-order valence-electron chi connectivity index (χ2n) is 2.25. The summed E-state index contributed by atoms with van der Waals surface area (Å²) in [6.07, 6.45) is 2.12. The van der Waals surface area contributed by atoms with Crippen molar-refractivity contribution in [3.8, 4) is 0 Å². The van der Waals surface area contributed by atoms with Gasteiger partial charge in [0, 0.05) is 17.1 Å². The van der Waals surface area contributed by atoms with Crippen LogP contribution in [-0.2, 0) is 6.42 Å². The van der Waals surface area contributed by atoms with Gasteiger partial charge in [-0.2, -0.15) is 0 Å². The molecule has 1 aromatic heterocycles. The number of hydrogen-bond donors (Lipinski definition) is 1. The Hall–Kier alpha value is -0.190. The lowest BCUT2D eigenvalue weighted by Crippen LogP contribution is -2.11. The van der Waals surface area contributed by atoms with Crippen molar-refractivity contribution in [1.29, 1.82) is 0 Å². The summed E-state index contributed by atoms with van der Waals surface area (Å²) in [6.45, 7) is 0. The summed E-state index contributed by atoms with van der Waals surface area (Å²) in [7, 11) is 0. The molecule has 0 saturated heterocycles. The molecule has 1 heterocycles. The Balaban J connectivity index is 2.97. The van der Waals surface area contributed by atoms with Gasteiger partial charge in [0.2, 0.25) is 0 Å². The molecule has 0 saturated carbocycles. The second-order valence-corrected chi connectivity index (χ2v) is 4.04. The Morgan fingerprint density at radius 2 is 2.42 bits per heavy atom. The van der Waals surface area contributed by atoms with Gasteiger partial charge in [0.25, 0.3) is 0 Å². The minimum atomic E-state index is 0.414. The molecule has 0 aromatic carbocycles. The molecular weight excluding hydrogens is 260 g/mol. The molecule has 12 heavy (non-hydrogen) atoms. The van der Waals surface area contributed by atoms with Crippen molar-refractivity contribution in [2.75, 3.05) is 0 Å². The highest BCUT2D eigenvalue weighted by molar-refractivity contribution is 9.10. The molecule has 64 valence electrons. The number of pyridine rings is 1. The maximum atomic E-state index is 5.79. The molecular formula is C7H6BrClN2S. The van der Waals surface area contributed by atoms with Crippen LogP contribution >= 0.6 is 39.7 Å². The fourth-order valence-corrected chi connectivity index (χ4v) is 1.48. The van der Waals surface area contributed by atoms with E-state index in [0.717, 1.165) is 10.0 Å². The lowest BCUT2D eigenvalue weighted by atomic mass is 10.2. The van der Waals surface area contributed by atoms with E-state index in [1.54, 1.807) is 6.20 Å². The molecule has 0 amide bonds. The van der Waals surface area contributed by atoms with E-state index in [0.29, 0.717) is 16.6 Å². The first-order valence-electron chi connectivity index (χ1n) is 3.18. The molecule has 2 nitrogen and oxygen atoms in total. The highest BCUT2D eigenvalue weighted by atomic mass is 79.9. The van der Waals surface area contributed by atoms with E-state index in [2.05, 4.69) is 20.9 Å². The average Bonchev–Trinajstić information content (AvgIpc) is 1.96. The summed E-state index contributed by atoms with van der Waals surface area (Å²) in [5.41, 5.74) is 6.22. The first kappa shape index (κ1) is 9.89. The Morgan fingerprint density at radius 1 is 1.75 bits per heavy atom. The van der Waals surface area contributed by atoms with E-state index in [-0.39, 0.29) is 0 Å². The summed E-state index contributed by atoms with van der Waals surface area (Å²) < 4.78 is 0.873. The van der Waals surface area contributed by atoms with Crippen LogP contribution in [0.25, 0.3) is 0 Å². The van der Waals surface area contributed by atoms with E-state index in [1.807, 2.05) is 6.07 Å². The van der Waals surface area contributed by atoms with Crippen molar-refractivity contribution in [2.45, 2.75) is 6.42 Å². The number of thiocarbonyl (C=S) groups is 1. The highest BCUT2D eigenvalue weighted by Gasteiger charge is 2.03. The smallest absolute Gasteiger partial charge is 0.132 e. The number of nitrogens with zero attached hydrogens (tertiary/aromatic N) is 1. The topological polar surface area (TPSA) is 38.9 Å². The third-order valence-corrected chi connectivity index (χ3v) is 2.16. The molecule has 0 fully saturated rings. The number of hydrogen-bond acceptors (Lipinski definition) is 2. The van der Waals surface area contributed by atoms with E-state index in [9.17, 15) is 0 Å². The van der Waals surface area contributed by atoms with Crippen LogP contribution in [0.3, 0.4) is 0 Å². The highest BCUT2D eigenvalue weighted by Crippen LogP contribution is 2.18. The number of nitrogens with two attached hydrogens (primary N) is 1. The van der Waals surface area contributed by atoms with Crippen molar-refractivity contribution in [3.63, 3.8) is 0 Å². The molecule has 1 rings (SSSR count). The molecule has 0 spiro atoms. The van der Waals surface area contributed by atoms with Gasteiger partial charge in [0.05, 0.1) is 4.99 Å². The van der Waals surface area contributed by atoms with Crippen molar-refractivity contribution in [1.82, 2.24) is 4.98 Å². The van der Waals surface area contributed by atoms with Crippen LogP contribution in [0, 0.1) is 0 Å². The predicted molar refractivity (Wildman–Crippen MR) is 57.4 cm³/mol. The van der Waals surface area contributed by atoms with Crippen molar-refractivity contribution in [3.05, 3.63) is 27.5 Å². The van der Waals surface area contributed by atoms with Gasteiger partial charge >= 0.3 is 0 Å². The molecule has 0 atom stereocenters. The summed E-state index contributed by atoms with van der Waals surface area (Å²) in [5, 5.41) is 0.450. The summed E-state index contributed by atoms with van der Waals surface area (Å²) in [4.78, 5) is 4.35. The van der Waals surface area contributed by atoms with E-state index in [4.69, 9.17) is 29.6 Å². The fourth-order valence-electron chi connectivity index (χ4n) is 0.776. The van der Waals surface area contributed by atoms with Crippen LogP contribution in [0.5, 0.6) is 0 Å². The monoisotopic (exact) mass is 264 g/mol. The maximum absolute atomic E-state index is 5.79. The van der Waals surface area contributed by atoms with Crippen LogP contribution in [0.1, 0.15) is 5.56 Å². The molecule has 2 N–H and O–H groups in total. The quantitative estimate of drug-likeness (QED) is 0.659. The Bertz CT molecular complexity index is 316. The zero-order valence-corrected chi connectivity index (χ0v) is 9.21. The Labute approximate surface area is 89.3 Å². The first-order chi connectivity index (χ1) is 5.59. The molecule has 0 aliphatic heterocycles. The summed E-state index contributed by atoms with van der Waals surface area (Å²) in [5.74, 6) is 0. The largest absolute Gasteiger partial charge is 0.393 e. The lowest BCUT2D eigenvalue weighted by Gasteiger charge is -2.01. The number of rotatable bonds is 2. The first-order valence-corrected chi connectivity index (χ1v) is 4.75. The minimum absolute atomic E-state index is 0.414. The standard InChI is InChI=1S/C7H6BrClN2S/c8-5-1-4(2-6(10)12)7(9)11-3-5/h1,3H,2H2,(H2,10,12). The number of halogens is 2. The second kappa shape index (κ2) is 4.16.